The second-order valence-corrected chi connectivity index (χ2v) is 9.60. The van der Waals surface area contributed by atoms with Crippen molar-refractivity contribution in [2.45, 2.75) is 96.1 Å². The summed E-state index contributed by atoms with van der Waals surface area (Å²) in [5.41, 5.74) is -1.40. The van der Waals surface area contributed by atoms with Crippen LogP contribution in [0.2, 0.25) is 0 Å². The first kappa shape index (κ1) is 24.3. The minimum atomic E-state index is -5.00. The SMILES string of the molecule is CC=CCCCCC1CCC(C2CCC(c3cc(F)c(C(F)(F)F)c(F)c3)CC2)CC1. The van der Waals surface area contributed by atoms with Crippen LogP contribution in [0, 0.1) is 29.4 Å². The van der Waals surface area contributed by atoms with E-state index in [1.165, 1.54) is 51.4 Å². The molecule has 2 saturated carbocycles. The second kappa shape index (κ2) is 11.0. The number of rotatable bonds is 7. The lowest BCUT2D eigenvalue weighted by molar-refractivity contribution is -0.142. The molecule has 0 N–H and O–H groups in total. The maximum Gasteiger partial charge on any atom is 0.422 e. The van der Waals surface area contributed by atoms with Crippen LogP contribution in [0.1, 0.15) is 101 Å². The molecule has 0 nitrogen and oxygen atoms in total. The number of alkyl halides is 3. The van der Waals surface area contributed by atoms with Crippen LogP contribution in [0.3, 0.4) is 0 Å². The fourth-order valence-corrected chi connectivity index (χ4v) is 5.83. The van der Waals surface area contributed by atoms with Crippen molar-refractivity contribution in [1.82, 2.24) is 0 Å². The third-order valence-corrected chi connectivity index (χ3v) is 7.62. The molecule has 174 valence electrons. The molecule has 2 fully saturated rings. The number of hydrogen-bond donors (Lipinski definition) is 0. The second-order valence-electron chi connectivity index (χ2n) is 9.60. The Balaban J connectivity index is 1.45. The van der Waals surface area contributed by atoms with Gasteiger partial charge in [-0.2, -0.15) is 13.2 Å². The van der Waals surface area contributed by atoms with Crippen LogP contribution in [-0.2, 0) is 6.18 Å². The van der Waals surface area contributed by atoms with E-state index in [1.54, 1.807) is 0 Å². The van der Waals surface area contributed by atoms with Crippen molar-refractivity contribution < 1.29 is 22.0 Å². The van der Waals surface area contributed by atoms with Crippen molar-refractivity contribution >= 4 is 0 Å². The lowest BCUT2D eigenvalue weighted by Gasteiger charge is -2.38. The minimum Gasteiger partial charge on any atom is -0.206 e. The Bertz CT molecular complexity index is 697. The van der Waals surface area contributed by atoms with E-state index in [-0.39, 0.29) is 5.92 Å². The van der Waals surface area contributed by atoms with Gasteiger partial charge in [0.1, 0.15) is 17.2 Å². The maximum atomic E-state index is 14.0. The predicted molar refractivity (Wildman–Crippen MR) is 115 cm³/mol. The van der Waals surface area contributed by atoms with E-state index in [9.17, 15) is 22.0 Å². The van der Waals surface area contributed by atoms with Crippen LogP contribution in [-0.4, -0.2) is 0 Å². The zero-order valence-corrected chi connectivity index (χ0v) is 18.5. The van der Waals surface area contributed by atoms with E-state index in [2.05, 4.69) is 19.1 Å². The summed E-state index contributed by atoms with van der Waals surface area (Å²) in [7, 11) is 0. The van der Waals surface area contributed by atoms with Gasteiger partial charge in [-0.25, -0.2) is 8.78 Å². The van der Waals surface area contributed by atoms with Crippen LogP contribution in [0.5, 0.6) is 0 Å². The molecular weight excluding hydrogens is 407 g/mol. The van der Waals surface area contributed by atoms with Crippen LogP contribution in [0.25, 0.3) is 0 Å². The molecule has 0 heterocycles. The fraction of sp³-hybridized carbons (Fsp3) is 0.692. The van der Waals surface area contributed by atoms with Crippen LogP contribution in [0.15, 0.2) is 24.3 Å². The van der Waals surface area contributed by atoms with Gasteiger partial charge in [-0.15, -0.1) is 0 Å². The van der Waals surface area contributed by atoms with Gasteiger partial charge in [0, 0.05) is 0 Å². The molecule has 0 unspecified atom stereocenters. The Hall–Kier alpha value is -1.39. The molecule has 1 aromatic rings. The molecule has 0 saturated heterocycles. The van der Waals surface area contributed by atoms with Crippen LogP contribution >= 0.6 is 0 Å². The third kappa shape index (κ3) is 6.55. The number of unbranched alkanes of at least 4 members (excludes halogenated alkanes) is 2. The highest BCUT2D eigenvalue weighted by Crippen LogP contribution is 2.45. The summed E-state index contributed by atoms with van der Waals surface area (Å²) in [6, 6.07) is 1.80. The average Bonchev–Trinajstić information content (AvgIpc) is 2.73. The van der Waals surface area contributed by atoms with E-state index >= 15 is 0 Å². The quantitative estimate of drug-likeness (QED) is 0.224. The molecule has 0 aliphatic heterocycles. The van der Waals surface area contributed by atoms with Crippen molar-refractivity contribution in [3.05, 3.63) is 47.0 Å². The molecule has 2 aliphatic carbocycles. The van der Waals surface area contributed by atoms with Gasteiger partial charge in [0.2, 0.25) is 0 Å². The van der Waals surface area contributed by atoms with Crippen molar-refractivity contribution in [1.29, 1.82) is 0 Å². The molecular formula is C26H35F5. The van der Waals surface area contributed by atoms with Gasteiger partial charge in [-0.1, -0.05) is 37.8 Å². The summed E-state index contributed by atoms with van der Waals surface area (Å²) in [4.78, 5) is 0. The molecule has 0 atom stereocenters. The highest BCUT2D eigenvalue weighted by molar-refractivity contribution is 5.30. The Morgan fingerprint density at radius 2 is 1.39 bits per heavy atom. The zero-order chi connectivity index (χ0) is 22.4. The molecule has 0 aromatic heterocycles. The van der Waals surface area contributed by atoms with Gasteiger partial charge in [0.25, 0.3) is 0 Å². The molecule has 2 aliphatic rings. The van der Waals surface area contributed by atoms with Gasteiger partial charge in [0.15, 0.2) is 0 Å². The summed E-state index contributed by atoms with van der Waals surface area (Å²) >= 11 is 0. The summed E-state index contributed by atoms with van der Waals surface area (Å²) in [6.45, 7) is 2.06. The van der Waals surface area contributed by atoms with Crippen LogP contribution < -0.4 is 0 Å². The smallest absolute Gasteiger partial charge is 0.206 e. The zero-order valence-electron chi connectivity index (χ0n) is 18.5. The Morgan fingerprint density at radius 3 is 1.90 bits per heavy atom. The number of allylic oxidation sites excluding steroid dienone is 2. The molecule has 1 aromatic carbocycles. The highest BCUT2D eigenvalue weighted by atomic mass is 19.4. The van der Waals surface area contributed by atoms with Crippen molar-refractivity contribution in [2.75, 3.05) is 0 Å². The van der Waals surface area contributed by atoms with Crippen molar-refractivity contribution in [3.63, 3.8) is 0 Å². The van der Waals surface area contributed by atoms with Crippen LogP contribution in [0.4, 0.5) is 22.0 Å². The van der Waals surface area contributed by atoms with Crippen molar-refractivity contribution in [3.8, 4) is 0 Å². The Kier molecular flexibility index (Phi) is 8.58. The fourth-order valence-electron chi connectivity index (χ4n) is 5.83. The first-order valence-electron chi connectivity index (χ1n) is 12.0. The summed E-state index contributed by atoms with van der Waals surface area (Å²) in [6.07, 6.45) is 13.2. The Morgan fingerprint density at radius 1 is 0.839 bits per heavy atom. The van der Waals surface area contributed by atoms with Crippen molar-refractivity contribution in [2.24, 2.45) is 17.8 Å². The normalized spacial score (nSPS) is 27.7. The molecule has 0 amide bonds. The molecule has 0 bridgehead atoms. The number of hydrogen-bond acceptors (Lipinski definition) is 0. The van der Waals surface area contributed by atoms with E-state index in [1.807, 2.05) is 0 Å². The predicted octanol–water partition coefficient (Wildman–Crippen LogP) is 9.20. The number of halogens is 5. The van der Waals surface area contributed by atoms with E-state index in [0.29, 0.717) is 11.5 Å². The highest BCUT2D eigenvalue weighted by Gasteiger charge is 2.39. The first-order valence-corrected chi connectivity index (χ1v) is 12.0. The largest absolute Gasteiger partial charge is 0.422 e. The van der Waals surface area contributed by atoms with Gasteiger partial charge < -0.3 is 0 Å². The standard InChI is InChI=1S/C26H35F5/c1-2-3-4-5-6-7-18-8-10-19(11-9-18)20-12-14-21(15-13-20)22-16-23(27)25(24(28)17-22)26(29,30)31/h2-3,16-21H,4-15H2,1H3. The third-order valence-electron chi connectivity index (χ3n) is 7.62. The van der Waals surface area contributed by atoms with Gasteiger partial charge in [0.05, 0.1) is 0 Å². The molecule has 0 spiro atoms. The maximum absolute atomic E-state index is 14.0. The molecule has 5 heteroatoms. The lowest BCUT2D eigenvalue weighted by atomic mass is 9.68. The molecule has 31 heavy (non-hydrogen) atoms. The van der Waals surface area contributed by atoms with E-state index in [0.717, 1.165) is 49.7 Å². The van der Waals surface area contributed by atoms with E-state index in [4.69, 9.17) is 0 Å². The van der Waals surface area contributed by atoms with Gasteiger partial charge in [-0.05, 0) is 99.7 Å². The average molecular weight is 443 g/mol. The Labute approximate surface area is 183 Å². The summed E-state index contributed by atoms with van der Waals surface area (Å²) in [5, 5.41) is 0. The monoisotopic (exact) mass is 442 g/mol. The minimum absolute atomic E-state index is 0.0453. The topological polar surface area (TPSA) is 0 Å². The summed E-state index contributed by atoms with van der Waals surface area (Å²) < 4.78 is 66.3. The van der Waals surface area contributed by atoms with Gasteiger partial charge >= 0.3 is 6.18 Å². The lowest BCUT2D eigenvalue weighted by Crippen LogP contribution is -2.25. The molecule has 0 radical (unpaired) electrons. The van der Waals surface area contributed by atoms with Gasteiger partial charge in [-0.3, -0.25) is 0 Å². The van der Waals surface area contributed by atoms with E-state index < -0.39 is 23.4 Å². The molecule has 3 rings (SSSR count). The first-order chi connectivity index (χ1) is 14.8. The summed E-state index contributed by atoms with van der Waals surface area (Å²) in [5.74, 6) is -0.785. The number of benzene rings is 1.